The predicted molar refractivity (Wildman–Crippen MR) is 76.5 cm³/mol. The van der Waals surface area contributed by atoms with Gasteiger partial charge in [-0.3, -0.25) is 4.79 Å². The largest absolute Gasteiger partial charge is 0.398 e. The number of anilines is 1. The molecule has 21 heavy (non-hydrogen) atoms. The summed E-state index contributed by atoms with van der Waals surface area (Å²) in [6.07, 6.45) is 0. The van der Waals surface area contributed by atoms with Gasteiger partial charge in [0.05, 0.1) is 0 Å². The van der Waals surface area contributed by atoms with Gasteiger partial charge in [0.25, 0.3) is 0 Å². The van der Waals surface area contributed by atoms with Crippen molar-refractivity contribution in [3.8, 4) is 0 Å². The average molecular weight is 315 g/mol. The molecule has 1 heterocycles. The van der Waals surface area contributed by atoms with Gasteiger partial charge in [-0.2, -0.15) is 4.31 Å². The molecule has 2 rings (SSSR count). The minimum atomic E-state index is -4.16. The first-order valence-corrected chi connectivity index (χ1v) is 7.89. The van der Waals surface area contributed by atoms with Gasteiger partial charge in [-0.05, 0) is 38.5 Å². The van der Waals surface area contributed by atoms with Gasteiger partial charge in [-0.15, -0.1) is 0 Å². The van der Waals surface area contributed by atoms with E-state index in [1.165, 1.54) is 13.8 Å². The number of hydrogen-bond acceptors (Lipinski definition) is 4. The van der Waals surface area contributed by atoms with Crippen LogP contribution in [0.1, 0.15) is 19.4 Å². The quantitative estimate of drug-likeness (QED) is 0.782. The Kier molecular flexibility index (Phi) is 3.71. The molecule has 0 aliphatic carbocycles. The van der Waals surface area contributed by atoms with E-state index in [4.69, 9.17) is 5.73 Å². The second-order valence-electron chi connectivity index (χ2n) is 5.53. The topological polar surface area (TPSA) is 92.5 Å². The van der Waals surface area contributed by atoms with Gasteiger partial charge < -0.3 is 11.1 Å². The maximum absolute atomic E-state index is 14.1. The maximum atomic E-state index is 14.1. The maximum Gasteiger partial charge on any atom is 0.247 e. The van der Waals surface area contributed by atoms with Crippen LogP contribution in [-0.2, 0) is 14.8 Å². The summed E-state index contributed by atoms with van der Waals surface area (Å²) in [5.41, 5.74) is 5.04. The minimum absolute atomic E-state index is 0.0777. The molecule has 6 nitrogen and oxygen atoms in total. The summed E-state index contributed by atoms with van der Waals surface area (Å²) in [5, 5.41) is 2.60. The lowest BCUT2D eigenvalue weighted by molar-refractivity contribution is -0.131. The van der Waals surface area contributed by atoms with Crippen LogP contribution < -0.4 is 11.1 Å². The van der Waals surface area contributed by atoms with Crippen molar-refractivity contribution in [2.24, 2.45) is 0 Å². The third-order valence-corrected chi connectivity index (χ3v) is 5.76. The zero-order chi connectivity index (χ0) is 16.0. The van der Waals surface area contributed by atoms with Gasteiger partial charge in [0.15, 0.2) is 0 Å². The fourth-order valence-electron chi connectivity index (χ4n) is 2.29. The molecule has 1 aromatic rings. The number of aryl methyl sites for hydroxylation is 1. The van der Waals surface area contributed by atoms with Crippen LogP contribution in [0.4, 0.5) is 10.1 Å². The molecule has 1 aliphatic rings. The first-order valence-electron chi connectivity index (χ1n) is 6.45. The van der Waals surface area contributed by atoms with Gasteiger partial charge in [0.1, 0.15) is 16.3 Å². The van der Waals surface area contributed by atoms with Crippen LogP contribution in [0, 0.1) is 12.7 Å². The average Bonchev–Trinajstić information content (AvgIpc) is 2.36. The van der Waals surface area contributed by atoms with Gasteiger partial charge in [-0.1, -0.05) is 0 Å². The highest BCUT2D eigenvalue weighted by Gasteiger charge is 2.45. The number of nitrogen functional groups attached to an aromatic ring is 1. The number of amides is 1. The van der Waals surface area contributed by atoms with Crippen LogP contribution in [0.25, 0.3) is 0 Å². The first-order chi connectivity index (χ1) is 9.58. The van der Waals surface area contributed by atoms with E-state index < -0.39 is 32.2 Å². The Balaban J connectivity index is 2.57. The van der Waals surface area contributed by atoms with Gasteiger partial charge >= 0.3 is 0 Å². The number of piperazine rings is 1. The summed E-state index contributed by atoms with van der Waals surface area (Å²) in [7, 11) is -4.16. The van der Waals surface area contributed by atoms with Crippen LogP contribution in [0.3, 0.4) is 0 Å². The number of benzene rings is 1. The van der Waals surface area contributed by atoms with Crippen LogP contribution in [0.15, 0.2) is 17.0 Å². The SMILES string of the molecule is Cc1cc(F)c(S(=O)(=O)N2CCNC(=O)C2(C)C)cc1N. The van der Waals surface area contributed by atoms with E-state index in [9.17, 15) is 17.6 Å². The van der Waals surface area contributed by atoms with Crippen molar-refractivity contribution in [1.82, 2.24) is 9.62 Å². The van der Waals surface area contributed by atoms with Crippen LogP contribution >= 0.6 is 0 Å². The molecule has 0 saturated carbocycles. The predicted octanol–water partition coefficient (Wildman–Crippen LogP) is 0.615. The van der Waals surface area contributed by atoms with Gasteiger partial charge in [-0.25, -0.2) is 12.8 Å². The lowest BCUT2D eigenvalue weighted by Crippen LogP contribution is -2.63. The molecule has 1 fully saturated rings. The molecule has 1 aliphatic heterocycles. The Hall–Kier alpha value is -1.67. The molecule has 0 atom stereocenters. The number of nitrogens with zero attached hydrogens (tertiary/aromatic N) is 1. The smallest absolute Gasteiger partial charge is 0.247 e. The second kappa shape index (κ2) is 4.96. The molecule has 1 amide bonds. The molecule has 3 N–H and O–H groups in total. The van der Waals surface area contributed by atoms with Gasteiger partial charge in [0.2, 0.25) is 15.9 Å². The number of carbonyl (C=O) groups is 1. The number of nitrogens with two attached hydrogens (primary N) is 1. The number of halogens is 1. The molecule has 0 spiro atoms. The third-order valence-electron chi connectivity index (χ3n) is 3.67. The summed E-state index contributed by atoms with van der Waals surface area (Å²) >= 11 is 0. The molecule has 0 radical (unpaired) electrons. The summed E-state index contributed by atoms with van der Waals surface area (Å²) in [4.78, 5) is 11.4. The summed E-state index contributed by atoms with van der Waals surface area (Å²) < 4.78 is 40.4. The highest BCUT2D eigenvalue weighted by molar-refractivity contribution is 7.89. The van der Waals surface area contributed by atoms with E-state index in [0.29, 0.717) is 5.56 Å². The Morgan fingerprint density at radius 3 is 2.62 bits per heavy atom. The van der Waals surface area contributed by atoms with Crippen molar-refractivity contribution in [2.45, 2.75) is 31.2 Å². The lowest BCUT2D eigenvalue weighted by Gasteiger charge is -2.39. The number of hydrogen-bond donors (Lipinski definition) is 2. The Bertz CT molecular complexity index is 701. The van der Waals surface area contributed by atoms with E-state index in [2.05, 4.69) is 5.32 Å². The normalized spacial score (nSPS) is 19.3. The summed E-state index contributed by atoms with van der Waals surface area (Å²) in [5.74, 6) is -1.29. The fourth-order valence-corrected chi connectivity index (χ4v) is 4.12. The highest BCUT2D eigenvalue weighted by Crippen LogP contribution is 2.30. The first kappa shape index (κ1) is 15.7. The van der Waals surface area contributed by atoms with Crippen molar-refractivity contribution < 1.29 is 17.6 Å². The van der Waals surface area contributed by atoms with Crippen molar-refractivity contribution >= 4 is 21.6 Å². The number of rotatable bonds is 2. The molecule has 8 heteroatoms. The standard InChI is InChI=1S/C13H18FN3O3S/c1-8-6-9(14)11(7-10(8)15)21(19,20)17-5-4-16-12(18)13(17,2)3/h6-7H,4-5,15H2,1-3H3,(H,16,18). The Labute approximate surface area is 123 Å². The Morgan fingerprint density at radius 1 is 1.38 bits per heavy atom. The second-order valence-corrected chi connectivity index (χ2v) is 7.36. The zero-order valence-corrected chi connectivity index (χ0v) is 12.9. The van der Waals surface area contributed by atoms with Crippen LogP contribution in [0.2, 0.25) is 0 Å². The molecule has 0 bridgehead atoms. The van der Waals surface area contributed by atoms with E-state index in [1.54, 1.807) is 6.92 Å². The van der Waals surface area contributed by atoms with Crippen molar-refractivity contribution in [3.05, 3.63) is 23.5 Å². The Morgan fingerprint density at radius 2 is 2.00 bits per heavy atom. The molecule has 116 valence electrons. The fraction of sp³-hybridized carbons (Fsp3) is 0.462. The third kappa shape index (κ3) is 2.49. The van der Waals surface area contributed by atoms with E-state index in [-0.39, 0.29) is 18.8 Å². The molecule has 1 saturated heterocycles. The minimum Gasteiger partial charge on any atom is -0.398 e. The van der Waals surface area contributed by atoms with Crippen molar-refractivity contribution in [3.63, 3.8) is 0 Å². The summed E-state index contributed by atoms with van der Waals surface area (Å²) in [6, 6.07) is 2.18. The van der Waals surface area contributed by atoms with Crippen molar-refractivity contribution in [2.75, 3.05) is 18.8 Å². The summed E-state index contributed by atoms with van der Waals surface area (Å²) in [6.45, 7) is 4.81. The van der Waals surface area contributed by atoms with E-state index >= 15 is 0 Å². The molecule has 1 aromatic carbocycles. The van der Waals surface area contributed by atoms with E-state index in [1.807, 2.05) is 0 Å². The molecular formula is C13H18FN3O3S. The lowest BCUT2D eigenvalue weighted by atomic mass is 10.0. The molecule has 0 unspecified atom stereocenters. The van der Waals surface area contributed by atoms with Gasteiger partial charge in [0, 0.05) is 18.8 Å². The molecule has 0 aromatic heterocycles. The van der Waals surface area contributed by atoms with Crippen molar-refractivity contribution in [1.29, 1.82) is 0 Å². The zero-order valence-electron chi connectivity index (χ0n) is 12.1. The highest BCUT2D eigenvalue weighted by atomic mass is 32.2. The van der Waals surface area contributed by atoms with Crippen LogP contribution in [0.5, 0.6) is 0 Å². The number of sulfonamides is 1. The number of nitrogens with one attached hydrogen (secondary N) is 1. The number of carbonyl (C=O) groups excluding carboxylic acids is 1. The molecular weight excluding hydrogens is 297 g/mol. The monoisotopic (exact) mass is 315 g/mol. The van der Waals surface area contributed by atoms with Crippen LogP contribution in [-0.4, -0.2) is 37.3 Å². The van der Waals surface area contributed by atoms with E-state index in [0.717, 1.165) is 16.4 Å².